The van der Waals surface area contributed by atoms with E-state index in [1.54, 1.807) is 6.07 Å². The minimum Gasteiger partial charge on any atom is -0.505 e. The van der Waals surface area contributed by atoms with Gasteiger partial charge in [-0.25, -0.2) is 4.39 Å². The van der Waals surface area contributed by atoms with Crippen molar-refractivity contribution in [2.45, 2.75) is 6.42 Å². The summed E-state index contributed by atoms with van der Waals surface area (Å²) in [6, 6.07) is 4.23. The van der Waals surface area contributed by atoms with E-state index in [4.69, 9.17) is 9.84 Å². The fraction of sp³-hybridized carbons (Fsp3) is 0.143. The molecule has 0 unspecified atom stereocenters. The number of benzene rings is 1. The average molecular weight is 245 g/mol. The summed E-state index contributed by atoms with van der Waals surface area (Å²) in [7, 11) is 0. The Kier molecular flexibility index (Phi) is 2.55. The Balaban J connectivity index is 1.88. The van der Waals surface area contributed by atoms with Crippen LogP contribution >= 0.6 is 0 Å². The number of phenolic OH excluding ortho intramolecular Hbond substituents is 1. The molecular weight excluding hydrogens is 233 g/mol. The van der Waals surface area contributed by atoms with E-state index in [1.165, 1.54) is 12.1 Å². The van der Waals surface area contributed by atoms with Crippen LogP contribution in [0.2, 0.25) is 0 Å². The van der Waals surface area contributed by atoms with Crippen molar-refractivity contribution in [3.63, 3.8) is 0 Å². The normalized spacial score (nSPS) is 17.7. The lowest BCUT2D eigenvalue weighted by atomic mass is 10.1. The van der Waals surface area contributed by atoms with Gasteiger partial charge in [-0.1, -0.05) is 12.2 Å². The summed E-state index contributed by atoms with van der Waals surface area (Å²) >= 11 is 0. The van der Waals surface area contributed by atoms with E-state index in [-0.39, 0.29) is 5.75 Å². The summed E-state index contributed by atoms with van der Waals surface area (Å²) in [6.45, 7) is 0.732. The Bertz CT molecular complexity index is 587. The molecule has 2 aliphatic rings. The van der Waals surface area contributed by atoms with E-state index in [0.29, 0.717) is 11.3 Å². The van der Waals surface area contributed by atoms with Crippen molar-refractivity contribution in [2.24, 2.45) is 0 Å². The molecule has 92 valence electrons. The summed E-state index contributed by atoms with van der Waals surface area (Å²) in [5.74, 6) is 0.334. The Morgan fingerprint density at radius 2 is 2.22 bits per heavy atom. The molecule has 0 spiro atoms. The van der Waals surface area contributed by atoms with Crippen molar-refractivity contribution in [1.82, 2.24) is 5.32 Å². The molecule has 2 heterocycles. The first kappa shape index (κ1) is 10.9. The molecule has 0 amide bonds. The van der Waals surface area contributed by atoms with Crippen molar-refractivity contribution in [3.8, 4) is 5.75 Å². The van der Waals surface area contributed by atoms with Crippen molar-refractivity contribution in [3.05, 3.63) is 59.3 Å². The fourth-order valence-corrected chi connectivity index (χ4v) is 2.00. The molecule has 1 aromatic rings. The van der Waals surface area contributed by atoms with Crippen LogP contribution in [0.15, 0.2) is 47.9 Å². The maximum Gasteiger partial charge on any atom is 0.197 e. The van der Waals surface area contributed by atoms with Gasteiger partial charge in [0.2, 0.25) is 0 Å². The first-order chi connectivity index (χ1) is 8.74. The van der Waals surface area contributed by atoms with Gasteiger partial charge < -0.3 is 15.2 Å². The zero-order chi connectivity index (χ0) is 12.5. The van der Waals surface area contributed by atoms with Gasteiger partial charge in [-0.15, -0.1) is 0 Å². The number of dihydropyridines is 1. The number of hydrogen-bond donors (Lipinski definition) is 2. The molecule has 3 rings (SSSR count). The topological polar surface area (TPSA) is 41.5 Å². The molecule has 0 saturated carbocycles. The second-order valence-corrected chi connectivity index (χ2v) is 4.18. The number of phenols is 1. The first-order valence-electron chi connectivity index (χ1n) is 5.74. The predicted molar refractivity (Wildman–Crippen MR) is 65.9 cm³/mol. The van der Waals surface area contributed by atoms with E-state index in [9.17, 15) is 4.39 Å². The van der Waals surface area contributed by atoms with Crippen molar-refractivity contribution >= 4 is 5.76 Å². The highest BCUT2D eigenvalue weighted by Gasteiger charge is 2.17. The molecule has 3 nitrogen and oxygen atoms in total. The predicted octanol–water partition coefficient (Wildman–Crippen LogP) is 2.66. The number of ether oxygens (including phenoxy) is 1. The van der Waals surface area contributed by atoms with Gasteiger partial charge in [-0.05, 0) is 30.7 Å². The van der Waals surface area contributed by atoms with Crippen LogP contribution in [0.25, 0.3) is 5.76 Å². The van der Waals surface area contributed by atoms with Gasteiger partial charge in [0, 0.05) is 17.7 Å². The third-order valence-corrected chi connectivity index (χ3v) is 2.94. The van der Waals surface area contributed by atoms with E-state index in [0.717, 1.165) is 24.4 Å². The Morgan fingerprint density at radius 3 is 3.06 bits per heavy atom. The zero-order valence-corrected chi connectivity index (χ0v) is 9.61. The molecule has 0 atom stereocenters. The number of hydrogen-bond acceptors (Lipinski definition) is 3. The molecule has 2 aliphatic heterocycles. The van der Waals surface area contributed by atoms with Crippen LogP contribution in [-0.2, 0) is 4.74 Å². The van der Waals surface area contributed by atoms with Crippen molar-refractivity contribution in [1.29, 1.82) is 0 Å². The van der Waals surface area contributed by atoms with Crippen molar-refractivity contribution in [2.75, 3.05) is 6.54 Å². The average Bonchev–Trinajstić information content (AvgIpc) is 2.41. The maximum absolute atomic E-state index is 13.3. The molecule has 2 N–H and O–H groups in total. The molecule has 0 aliphatic carbocycles. The Labute approximate surface area is 104 Å². The van der Waals surface area contributed by atoms with E-state index >= 15 is 0 Å². The standard InChI is InChI=1S/C14H12FNO2/c15-11-8-10(3-5-12(11)17)13-6-4-9-2-1-7-16-14(9)18-13/h1-3,5-6,8,16-17H,4,7H2. The van der Waals surface area contributed by atoms with Gasteiger partial charge in [0.15, 0.2) is 17.4 Å². The highest BCUT2D eigenvalue weighted by molar-refractivity contribution is 5.63. The summed E-state index contributed by atoms with van der Waals surface area (Å²) < 4.78 is 19.0. The largest absolute Gasteiger partial charge is 0.505 e. The third kappa shape index (κ3) is 1.86. The zero-order valence-electron chi connectivity index (χ0n) is 9.61. The van der Waals surface area contributed by atoms with Crippen LogP contribution in [-0.4, -0.2) is 11.7 Å². The SMILES string of the molecule is Oc1ccc(C2=CCC3=C(NCC=C3)O2)cc1F. The maximum atomic E-state index is 13.3. The molecule has 0 aromatic heterocycles. The molecule has 4 heteroatoms. The van der Waals surface area contributed by atoms with E-state index in [1.807, 2.05) is 18.2 Å². The van der Waals surface area contributed by atoms with Gasteiger partial charge in [0.25, 0.3) is 0 Å². The summed E-state index contributed by atoms with van der Waals surface area (Å²) in [5.41, 5.74) is 1.71. The van der Waals surface area contributed by atoms with Crippen LogP contribution in [0.3, 0.4) is 0 Å². The van der Waals surface area contributed by atoms with E-state index < -0.39 is 5.82 Å². The van der Waals surface area contributed by atoms with Gasteiger partial charge in [0.05, 0.1) is 0 Å². The number of halogens is 1. The Morgan fingerprint density at radius 1 is 1.33 bits per heavy atom. The summed E-state index contributed by atoms with van der Waals surface area (Å²) in [6.07, 6.45) is 6.70. The molecule has 0 bridgehead atoms. The minimum absolute atomic E-state index is 0.353. The highest BCUT2D eigenvalue weighted by atomic mass is 19.1. The summed E-state index contributed by atoms with van der Waals surface area (Å²) in [5, 5.41) is 12.3. The molecule has 18 heavy (non-hydrogen) atoms. The number of aromatic hydroxyl groups is 1. The van der Waals surface area contributed by atoms with Gasteiger partial charge in [0.1, 0.15) is 5.76 Å². The van der Waals surface area contributed by atoms with Crippen LogP contribution in [0.1, 0.15) is 12.0 Å². The quantitative estimate of drug-likeness (QED) is 0.799. The lowest BCUT2D eigenvalue weighted by Crippen LogP contribution is -2.22. The van der Waals surface area contributed by atoms with Crippen LogP contribution in [0.5, 0.6) is 5.75 Å². The van der Waals surface area contributed by atoms with Crippen LogP contribution in [0.4, 0.5) is 4.39 Å². The monoisotopic (exact) mass is 245 g/mol. The summed E-state index contributed by atoms with van der Waals surface area (Å²) in [4.78, 5) is 0. The molecular formula is C14H12FNO2. The second-order valence-electron chi connectivity index (χ2n) is 4.18. The lowest BCUT2D eigenvalue weighted by Gasteiger charge is -2.23. The third-order valence-electron chi connectivity index (χ3n) is 2.94. The van der Waals surface area contributed by atoms with Crippen LogP contribution < -0.4 is 5.32 Å². The molecule has 0 saturated heterocycles. The van der Waals surface area contributed by atoms with Gasteiger partial charge in [-0.2, -0.15) is 0 Å². The van der Waals surface area contributed by atoms with E-state index in [2.05, 4.69) is 5.32 Å². The lowest BCUT2D eigenvalue weighted by molar-refractivity contribution is 0.331. The second kappa shape index (κ2) is 4.22. The number of allylic oxidation sites excluding steroid dienone is 3. The number of rotatable bonds is 1. The Hall–Kier alpha value is -2.23. The fourth-order valence-electron chi connectivity index (χ4n) is 2.00. The highest BCUT2D eigenvalue weighted by Crippen LogP contribution is 2.30. The van der Waals surface area contributed by atoms with Crippen molar-refractivity contribution < 1.29 is 14.2 Å². The minimum atomic E-state index is -0.645. The molecule has 1 aromatic carbocycles. The van der Waals surface area contributed by atoms with Gasteiger partial charge in [-0.3, -0.25) is 0 Å². The first-order valence-corrected chi connectivity index (χ1v) is 5.74. The molecule has 0 radical (unpaired) electrons. The molecule has 0 fully saturated rings. The van der Waals surface area contributed by atoms with Crippen LogP contribution in [0, 0.1) is 5.82 Å². The number of nitrogens with one attached hydrogen (secondary N) is 1. The smallest absolute Gasteiger partial charge is 0.197 e. The van der Waals surface area contributed by atoms with Gasteiger partial charge >= 0.3 is 0 Å².